The number of nitrogen functional groups attached to an aromatic ring is 1. The molecule has 0 amide bonds. The third-order valence-corrected chi connectivity index (χ3v) is 4.81. The van der Waals surface area contributed by atoms with Crippen LogP contribution in [0, 0.1) is 11.6 Å². The fourth-order valence-electron chi connectivity index (χ4n) is 1.71. The highest BCUT2D eigenvalue weighted by Gasteiger charge is 2.22. The van der Waals surface area contributed by atoms with Crippen LogP contribution in [0.5, 0.6) is 0 Å². The Morgan fingerprint density at radius 3 is 2.25 bits per heavy atom. The van der Waals surface area contributed by atoms with Gasteiger partial charge in [-0.1, -0.05) is 17.7 Å². The van der Waals surface area contributed by atoms with Crippen LogP contribution in [0.1, 0.15) is 5.56 Å². The van der Waals surface area contributed by atoms with Crippen molar-refractivity contribution in [3.05, 3.63) is 58.6 Å². The minimum atomic E-state index is -3.97. The number of halogens is 3. The number of sulfone groups is 1. The molecule has 0 heterocycles. The zero-order valence-corrected chi connectivity index (χ0v) is 11.7. The lowest BCUT2D eigenvalue weighted by Crippen LogP contribution is -2.09. The summed E-state index contributed by atoms with van der Waals surface area (Å²) < 4.78 is 51.4. The van der Waals surface area contributed by atoms with Gasteiger partial charge < -0.3 is 5.73 Å². The molecule has 0 saturated heterocycles. The summed E-state index contributed by atoms with van der Waals surface area (Å²) in [5.41, 5.74) is 5.26. The van der Waals surface area contributed by atoms with Crippen LogP contribution in [-0.2, 0) is 15.6 Å². The SMILES string of the molecule is Nc1ccc(S(=O)(=O)Cc2c(F)cccc2F)c(Cl)c1. The summed E-state index contributed by atoms with van der Waals surface area (Å²) in [6.07, 6.45) is 0. The molecule has 2 N–H and O–H groups in total. The predicted octanol–water partition coefficient (Wildman–Crippen LogP) is 3.17. The van der Waals surface area contributed by atoms with E-state index in [1.807, 2.05) is 0 Å². The normalized spacial score (nSPS) is 11.6. The van der Waals surface area contributed by atoms with Crippen LogP contribution in [-0.4, -0.2) is 8.42 Å². The second-order valence-electron chi connectivity index (χ2n) is 4.15. The van der Waals surface area contributed by atoms with Gasteiger partial charge in [0.15, 0.2) is 9.84 Å². The molecule has 20 heavy (non-hydrogen) atoms. The van der Waals surface area contributed by atoms with Gasteiger partial charge in [0, 0.05) is 11.3 Å². The van der Waals surface area contributed by atoms with Gasteiger partial charge in [0.1, 0.15) is 11.6 Å². The summed E-state index contributed by atoms with van der Waals surface area (Å²) in [5, 5.41) is -0.0817. The van der Waals surface area contributed by atoms with E-state index in [4.69, 9.17) is 17.3 Å². The second-order valence-corrected chi connectivity index (χ2v) is 6.51. The Morgan fingerprint density at radius 2 is 1.70 bits per heavy atom. The van der Waals surface area contributed by atoms with Crippen LogP contribution < -0.4 is 5.73 Å². The Labute approximate surface area is 119 Å². The summed E-state index contributed by atoms with van der Waals surface area (Å²) >= 11 is 5.81. The van der Waals surface area contributed by atoms with Crippen molar-refractivity contribution in [2.24, 2.45) is 0 Å². The summed E-state index contributed by atoms with van der Waals surface area (Å²) in [7, 11) is -3.97. The molecule has 2 rings (SSSR count). The summed E-state index contributed by atoms with van der Waals surface area (Å²) in [4.78, 5) is -0.212. The Morgan fingerprint density at radius 1 is 1.10 bits per heavy atom. The fraction of sp³-hybridized carbons (Fsp3) is 0.0769. The van der Waals surface area contributed by atoms with E-state index < -0.39 is 32.8 Å². The molecule has 7 heteroatoms. The molecule has 0 aliphatic carbocycles. The van der Waals surface area contributed by atoms with E-state index in [2.05, 4.69) is 0 Å². The maximum atomic E-state index is 13.5. The van der Waals surface area contributed by atoms with Crippen LogP contribution in [0.25, 0.3) is 0 Å². The summed E-state index contributed by atoms with van der Waals surface area (Å²) in [6.45, 7) is 0. The average molecular weight is 318 g/mol. The largest absolute Gasteiger partial charge is 0.399 e. The van der Waals surface area contributed by atoms with E-state index in [0.717, 1.165) is 18.2 Å². The molecule has 0 atom stereocenters. The van der Waals surface area contributed by atoms with Crippen LogP contribution in [0.4, 0.5) is 14.5 Å². The number of anilines is 1. The van der Waals surface area contributed by atoms with Gasteiger partial charge in [0.25, 0.3) is 0 Å². The Kier molecular flexibility index (Phi) is 3.96. The molecule has 0 unspecified atom stereocenters. The maximum absolute atomic E-state index is 13.5. The number of nitrogens with two attached hydrogens (primary N) is 1. The van der Waals surface area contributed by atoms with Crippen LogP contribution >= 0.6 is 11.6 Å². The first-order valence-electron chi connectivity index (χ1n) is 5.52. The van der Waals surface area contributed by atoms with Crippen molar-refractivity contribution in [1.82, 2.24) is 0 Å². The zero-order valence-electron chi connectivity index (χ0n) is 10.1. The molecule has 0 aliphatic rings. The van der Waals surface area contributed by atoms with Gasteiger partial charge in [-0.15, -0.1) is 0 Å². The van der Waals surface area contributed by atoms with Gasteiger partial charge in [-0.2, -0.15) is 0 Å². The van der Waals surface area contributed by atoms with E-state index in [1.165, 1.54) is 18.2 Å². The first-order valence-corrected chi connectivity index (χ1v) is 7.55. The molecule has 3 nitrogen and oxygen atoms in total. The number of benzene rings is 2. The van der Waals surface area contributed by atoms with Crippen molar-refractivity contribution in [3.63, 3.8) is 0 Å². The smallest absolute Gasteiger partial charge is 0.184 e. The van der Waals surface area contributed by atoms with Crippen LogP contribution in [0.3, 0.4) is 0 Å². The third kappa shape index (κ3) is 2.91. The van der Waals surface area contributed by atoms with Crippen molar-refractivity contribution >= 4 is 27.1 Å². The number of hydrogen-bond acceptors (Lipinski definition) is 3. The molecule has 2 aromatic rings. The molecular formula is C13H10ClF2NO2S. The van der Waals surface area contributed by atoms with E-state index >= 15 is 0 Å². The quantitative estimate of drug-likeness (QED) is 0.884. The van der Waals surface area contributed by atoms with Gasteiger partial charge in [0.05, 0.1) is 15.7 Å². The molecule has 0 aromatic heterocycles. The van der Waals surface area contributed by atoms with Crippen molar-refractivity contribution in [1.29, 1.82) is 0 Å². The van der Waals surface area contributed by atoms with Crippen molar-refractivity contribution in [2.45, 2.75) is 10.6 Å². The highest BCUT2D eigenvalue weighted by Crippen LogP contribution is 2.27. The van der Waals surface area contributed by atoms with Crippen molar-refractivity contribution < 1.29 is 17.2 Å². The first-order chi connectivity index (χ1) is 9.31. The maximum Gasteiger partial charge on any atom is 0.184 e. The molecule has 0 spiro atoms. The monoisotopic (exact) mass is 317 g/mol. The van der Waals surface area contributed by atoms with Gasteiger partial charge in [0.2, 0.25) is 0 Å². The molecule has 0 radical (unpaired) electrons. The van der Waals surface area contributed by atoms with E-state index in [9.17, 15) is 17.2 Å². The topological polar surface area (TPSA) is 60.2 Å². The van der Waals surface area contributed by atoms with Crippen molar-refractivity contribution in [3.8, 4) is 0 Å². The van der Waals surface area contributed by atoms with Gasteiger partial charge in [-0.05, 0) is 30.3 Å². The highest BCUT2D eigenvalue weighted by molar-refractivity contribution is 7.90. The van der Waals surface area contributed by atoms with Gasteiger partial charge >= 0.3 is 0 Å². The van der Waals surface area contributed by atoms with E-state index in [0.29, 0.717) is 5.69 Å². The lowest BCUT2D eigenvalue weighted by Gasteiger charge is -2.09. The van der Waals surface area contributed by atoms with Gasteiger partial charge in [-0.3, -0.25) is 0 Å². The highest BCUT2D eigenvalue weighted by atomic mass is 35.5. The average Bonchev–Trinajstić information content (AvgIpc) is 2.33. The Hall–Kier alpha value is -1.66. The van der Waals surface area contributed by atoms with Gasteiger partial charge in [-0.25, -0.2) is 17.2 Å². The molecule has 0 saturated carbocycles. The number of hydrogen-bond donors (Lipinski definition) is 1. The predicted molar refractivity (Wildman–Crippen MR) is 73.1 cm³/mol. The van der Waals surface area contributed by atoms with Crippen LogP contribution in [0.2, 0.25) is 5.02 Å². The molecule has 0 bridgehead atoms. The first kappa shape index (κ1) is 14.7. The molecule has 0 aliphatic heterocycles. The van der Waals surface area contributed by atoms with E-state index in [-0.39, 0.29) is 9.92 Å². The molecule has 106 valence electrons. The minimum absolute atomic E-state index is 0.0817. The fourth-order valence-corrected chi connectivity index (χ4v) is 3.69. The van der Waals surface area contributed by atoms with Crippen LogP contribution in [0.15, 0.2) is 41.3 Å². The molecule has 0 fully saturated rings. The second kappa shape index (κ2) is 5.38. The Bertz CT molecular complexity index is 743. The minimum Gasteiger partial charge on any atom is -0.399 e. The molecular weight excluding hydrogens is 308 g/mol. The standard InChI is InChI=1S/C13H10ClF2NO2S/c14-10-6-8(17)4-5-13(10)20(18,19)7-9-11(15)2-1-3-12(9)16/h1-6H,7,17H2. The number of rotatable bonds is 3. The summed E-state index contributed by atoms with van der Waals surface area (Å²) in [5.74, 6) is -2.64. The van der Waals surface area contributed by atoms with Crippen molar-refractivity contribution in [2.75, 3.05) is 5.73 Å². The lowest BCUT2D eigenvalue weighted by molar-refractivity contribution is 0.556. The van der Waals surface area contributed by atoms with E-state index in [1.54, 1.807) is 0 Å². The molecule has 2 aromatic carbocycles. The summed E-state index contributed by atoms with van der Waals surface area (Å²) in [6, 6.07) is 7.00. The zero-order chi connectivity index (χ0) is 14.9. The lowest BCUT2D eigenvalue weighted by atomic mass is 10.2. The Balaban J connectivity index is 2.46. The third-order valence-electron chi connectivity index (χ3n) is 2.69.